The summed E-state index contributed by atoms with van der Waals surface area (Å²) >= 11 is 0. The number of nitrogens with zero attached hydrogens (tertiary/aromatic N) is 4. The fraction of sp³-hybridized carbons (Fsp3) is 0.462. The molecular formula is C13H17N5O2. The van der Waals surface area contributed by atoms with Crippen LogP contribution in [0.2, 0.25) is 0 Å². The van der Waals surface area contributed by atoms with Gasteiger partial charge in [-0.3, -0.25) is 4.79 Å². The second kappa shape index (κ2) is 4.99. The number of oxime groups is 1. The summed E-state index contributed by atoms with van der Waals surface area (Å²) in [6.07, 6.45) is 6.86. The van der Waals surface area contributed by atoms with Crippen molar-refractivity contribution < 1.29 is 9.63 Å². The minimum absolute atomic E-state index is 0.0617. The summed E-state index contributed by atoms with van der Waals surface area (Å²) in [5.74, 6) is -0.143. The van der Waals surface area contributed by atoms with E-state index >= 15 is 0 Å². The van der Waals surface area contributed by atoms with Gasteiger partial charge >= 0.3 is 0 Å². The molecule has 2 aromatic rings. The molecule has 0 aliphatic carbocycles. The first-order valence-electron chi connectivity index (χ1n) is 6.67. The van der Waals surface area contributed by atoms with E-state index in [-0.39, 0.29) is 12.0 Å². The molecule has 20 heavy (non-hydrogen) atoms. The number of amides is 1. The fourth-order valence-electron chi connectivity index (χ4n) is 2.32. The number of aromatic nitrogens is 3. The highest BCUT2D eigenvalue weighted by Crippen LogP contribution is 2.13. The van der Waals surface area contributed by atoms with Crippen molar-refractivity contribution in [3.63, 3.8) is 0 Å². The van der Waals surface area contributed by atoms with Crippen molar-refractivity contribution in [3.05, 3.63) is 24.2 Å². The fourth-order valence-corrected chi connectivity index (χ4v) is 2.32. The first-order chi connectivity index (χ1) is 9.69. The molecule has 0 saturated heterocycles. The Balaban J connectivity index is 1.64. The molecule has 2 aromatic heterocycles. The summed E-state index contributed by atoms with van der Waals surface area (Å²) in [4.78, 5) is 17.5. The van der Waals surface area contributed by atoms with Crippen LogP contribution in [0.5, 0.6) is 0 Å². The number of carbonyl (C=O) groups excluding carboxylic acids is 1. The van der Waals surface area contributed by atoms with Crippen molar-refractivity contribution in [2.75, 3.05) is 6.54 Å². The Hall–Kier alpha value is -2.31. The van der Waals surface area contributed by atoms with Crippen LogP contribution in [0.15, 0.2) is 23.7 Å². The molecule has 3 rings (SSSR count). The van der Waals surface area contributed by atoms with Gasteiger partial charge in [0, 0.05) is 25.9 Å². The third kappa shape index (κ3) is 2.15. The molecule has 1 N–H and O–H groups in total. The third-order valence-electron chi connectivity index (χ3n) is 3.47. The number of fused-ring (bicyclic) bond motifs is 1. The van der Waals surface area contributed by atoms with Gasteiger partial charge in [0.25, 0.3) is 5.91 Å². The summed E-state index contributed by atoms with van der Waals surface area (Å²) in [7, 11) is 1.88. The molecule has 3 heterocycles. The second-order valence-electron chi connectivity index (χ2n) is 4.89. The number of carbonyl (C=O) groups is 1. The molecule has 1 atom stereocenters. The van der Waals surface area contributed by atoms with E-state index in [2.05, 4.69) is 15.6 Å². The molecule has 0 spiro atoms. The van der Waals surface area contributed by atoms with Crippen molar-refractivity contribution in [3.8, 4) is 0 Å². The number of hydrogen-bond acceptors (Lipinski definition) is 4. The Labute approximate surface area is 116 Å². The molecule has 0 saturated carbocycles. The first kappa shape index (κ1) is 12.7. The van der Waals surface area contributed by atoms with Crippen molar-refractivity contribution >= 4 is 17.3 Å². The second-order valence-corrected chi connectivity index (χ2v) is 4.89. The average Bonchev–Trinajstić information content (AvgIpc) is 3.14. The number of rotatable bonds is 4. The third-order valence-corrected chi connectivity index (χ3v) is 3.47. The van der Waals surface area contributed by atoms with Gasteiger partial charge in [0.05, 0.1) is 18.5 Å². The molecule has 1 aliphatic rings. The Morgan fingerprint density at radius 2 is 2.40 bits per heavy atom. The number of hydrogen-bond donors (Lipinski definition) is 1. The molecule has 7 nitrogen and oxygen atoms in total. The van der Waals surface area contributed by atoms with E-state index in [9.17, 15) is 4.79 Å². The van der Waals surface area contributed by atoms with Crippen LogP contribution in [0.4, 0.5) is 0 Å². The lowest BCUT2D eigenvalue weighted by Gasteiger charge is -2.09. The Bertz CT molecular complexity index is 669. The molecule has 0 aromatic carbocycles. The summed E-state index contributed by atoms with van der Waals surface area (Å²) in [5, 5.41) is 11.0. The number of aryl methyl sites for hydroxylation is 1. The smallest absolute Gasteiger partial charge is 0.256 e. The van der Waals surface area contributed by atoms with Gasteiger partial charge in [-0.25, -0.2) is 4.52 Å². The van der Waals surface area contributed by atoms with Gasteiger partial charge in [-0.05, 0) is 6.42 Å². The van der Waals surface area contributed by atoms with Crippen LogP contribution in [0.1, 0.15) is 30.1 Å². The quantitative estimate of drug-likeness (QED) is 0.903. The highest BCUT2D eigenvalue weighted by atomic mass is 16.6. The summed E-state index contributed by atoms with van der Waals surface area (Å²) in [6, 6.07) is 0. The number of nitrogens with one attached hydrogen (secondary N) is 1. The zero-order valence-corrected chi connectivity index (χ0v) is 11.5. The van der Waals surface area contributed by atoms with Gasteiger partial charge in [-0.15, -0.1) is 0 Å². The summed E-state index contributed by atoms with van der Waals surface area (Å²) in [5.41, 5.74) is 2.38. The van der Waals surface area contributed by atoms with Gasteiger partial charge < -0.3 is 14.7 Å². The van der Waals surface area contributed by atoms with Crippen molar-refractivity contribution in [2.45, 2.75) is 25.9 Å². The highest BCUT2D eigenvalue weighted by molar-refractivity contribution is 5.99. The monoisotopic (exact) mass is 275 g/mol. The van der Waals surface area contributed by atoms with Crippen molar-refractivity contribution in [1.29, 1.82) is 0 Å². The van der Waals surface area contributed by atoms with Crippen LogP contribution in [-0.2, 0) is 11.9 Å². The first-order valence-corrected chi connectivity index (χ1v) is 6.67. The lowest BCUT2D eigenvalue weighted by atomic mass is 10.1. The summed E-state index contributed by atoms with van der Waals surface area (Å²) in [6.45, 7) is 2.50. The lowest BCUT2D eigenvalue weighted by molar-refractivity contribution is 0.0754. The van der Waals surface area contributed by atoms with E-state index in [4.69, 9.17) is 4.84 Å². The lowest BCUT2D eigenvalue weighted by Crippen LogP contribution is -2.32. The Morgan fingerprint density at radius 1 is 1.55 bits per heavy atom. The largest absolute Gasteiger partial charge is 0.390 e. The topological polar surface area (TPSA) is 72.9 Å². The van der Waals surface area contributed by atoms with E-state index < -0.39 is 0 Å². The maximum atomic E-state index is 12.2. The molecule has 7 heteroatoms. The molecule has 0 bridgehead atoms. The minimum Gasteiger partial charge on any atom is -0.390 e. The van der Waals surface area contributed by atoms with E-state index in [1.807, 2.05) is 30.9 Å². The SMILES string of the molecule is CCC1=NO[C@@H](CNC(=O)c2cnn3ccn(C)c23)C1. The molecule has 1 aliphatic heterocycles. The molecule has 0 unspecified atom stereocenters. The van der Waals surface area contributed by atoms with Gasteiger partial charge in [-0.2, -0.15) is 5.10 Å². The Kier molecular flexibility index (Phi) is 3.17. The van der Waals surface area contributed by atoms with Gasteiger partial charge in [0.2, 0.25) is 0 Å². The maximum absolute atomic E-state index is 12.2. The van der Waals surface area contributed by atoms with Gasteiger partial charge in [0.15, 0.2) is 0 Å². The molecule has 106 valence electrons. The predicted molar refractivity (Wildman–Crippen MR) is 73.7 cm³/mol. The standard InChI is InChI=1S/C13H17N5O2/c1-3-9-6-10(20-16-9)7-14-12(19)11-8-15-18-5-4-17(2)13(11)18/h4-5,8,10H,3,6-7H2,1-2H3,(H,14,19)/t10-/m1/s1. The van der Waals surface area contributed by atoms with E-state index in [0.717, 1.165) is 24.2 Å². The summed E-state index contributed by atoms with van der Waals surface area (Å²) < 4.78 is 3.55. The predicted octanol–water partition coefficient (Wildman–Crippen LogP) is 0.957. The molecular weight excluding hydrogens is 258 g/mol. The van der Waals surface area contributed by atoms with E-state index in [1.165, 1.54) is 0 Å². The van der Waals surface area contributed by atoms with Crippen LogP contribution >= 0.6 is 0 Å². The average molecular weight is 275 g/mol. The zero-order chi connectivity index (χ0) is 14.1. The van der Waals surface area contributed by atoms with Crippen LogP contribution in [0, 0.1) is 0 Å². The zero-order valence-electron chi connectivity index (χ0n) is 11.5. The van der Waals surface area contributed by atoms with E-state index in [1.54, 1.807) is 10.7 Å². The Morgan fingerprint density at radius 3 is 3.15 bits per heavy atom. The number of imidazole rings is 1. The minimum atomic E-state index is -0.143. The van der Waals surface area contributed by atoms with Gasteiger partial charge in [-0.1, -0.05) is 12.1 Å². The van der Waals surface area contributed by atoms with Crippen LogP contribution in [0.25, 0.3) is 5.65 Å². The maximum Gasteiger partial charge on any atom is 0.256 e. The molecule has 1 amide bonds. The molecule has 0 radical (unpaired) electrons. The van der Waals surface area contributed by atoms with Gasteiger partial charge in [0.1, 0.15) is 17.3 Å². The highest BCUT2D eigenvalue weighted by Gasteiger charge is 2.22. The van der Waals surface area contributed by atoms with Crippen LogP contribution in [0.3, 0.4) is 0 Å². The normalized spacial score (nSPS) is 18.1. The van der Waals surface area contributed by atoms with Crippen LogP contribution in [-0.4, -0.2) is 38.4 Å². The van der Waals surface area contributed by atoms with E-state index in [0.29, 0.717) is 12.1 Å². The molecule has 0 fully saturated rings. The van der Waals surface area contributed by atoms with Crippen LogP contribution < -0.4 is 5.32 Å². The van der Waals surface area contributed by atoms with Crippen molar-refractivity contribution in [1.82, 2.24) is 19.5 Å². The van der Waals surface area contributed by atoms with Crippen molar-refractivity contribution in [2.24, 2.45) is 12.2 Å².